The van der Waals surface area contributed by atoms with Gasteiger partial charge in [-0.15, -0.1) is 0 Å². The molecule has 1 atom stereocenters. The van der Waals surface area contributed by atoms with E-state index in [1.165, 1.54) is 5.56 Å². The topological polar surface area (TPSA) is 38.0 Å². The lowest BCUT2D eigenvalue weighted by atomic mass is 10.0. The minimum atomic E-state index is -0.526. The Hall–Kier alpha value is -2.13. The van der Waals surface area contributed by atoms with Crippen molar-refractivity contribution in [3.8, 4) is 0 Å². The van der Waals surface area contributed by atoms with Crippen molar-refractivity contribution >= 4 is 11.0 Å². The van der Waals surface area contributed by atoms with Crippen LogP contribution < -0.4 is 0 Å². The molecule has 21 heavy (non-hydrogen) atoms. The lowest BCUT2D eigenvalue weighted by Crippen LogP contribution is -2.11. The van der Waals surface area contributed by atoms with Crippen LogP contribution in [0.3, 0.4) is 0 Å². The first-order valence-electron chi connectivity index (χ1n) is 7.23. The Kier molecular flexibility index (Phi) is 3.52. The summed E-state index contributed by atoms with van der Waals surface area (Å²) >= 11 is 0. The van der Waals surface area contributed by atoms with E-state index in [4.69, 9.17) is 0 Å². The summed E-state index contributed by atoms with van der Waals surface area (Å²) in [6.07, 6.45) is -0.526. The van der Waals surface area contributed by atoms with E-state index in [9.17, 15) is 5.11 Å². The molecule has 0 fully saturated rings. The molecular weight excluding hydrogens is 260 g/mol. The van der Waals surface area contributed by atoms with Crippen LogP contribution in [-0.2, 0) is 6.54 Å². The minimum absolute atomic E-state index is 0.524. The fraction of sp³-hybridized carbons (Fsp3) is 0.278. The van der Waals surface area contributed by atoms with Crippen LogP contribution >= 0.6 is 0 Å². The van der Waals surface area contributed by atoms with Crippen molar-refractivity contribution in [2.75, 3.05) is 0 Å². The van der Waals surface area contributed by atoms with Gasteiger partial charge in [0.2, 0.25) is 0 Å². The van der Waals surface area contributed by atoms with E-state index in [1.54, 1.807) is 0 Å². The Balaban J connectivity index is 1.96. The van der Waals surface area contributed by atoms with Crippen LogP contribution in [-0.4, -0.2) is 14.7 Å². The molecule has 0 saturated heterocycles. The zero-order chi connectivity index (χ0) is 15.0. The lowest BCUT2D eigenvalue weighted by Gasteiger charge is -2.16. The summed E-state index contributed by atoms with van der Waals surface area (Å²) in [5, 5.41) is 10.6. The second-order valence-corrected chi connectivity index (χ2v) is 5.63. The predicted octanol–water partition coefficient (Wildman–Crippen LogP) is 3.70. The van der Waals surface area contributed by atoms with Gasteiger partial charge >= 0.3 is 0 Å². The van der Waals surface area contributed by atoms with Crippen LogP contribution in [0.4, 0.5) is 0 Å². The highest BCUT2D eigenvalue weighted by atomic mass is 16.3. The predicted molar refractivity (Wildman–Crippen MR) is 85.3 cm³/mol. The first kappa shape index (κ1) is 13.8. The molecule has 1 aromatic heterocycles. The van der Waals surface area contributed by atoms with E-state index in [0.717, 1.165) is 28.0 Å². The Morgan fingerprint density at radius 2 is 1.86 bits per heavy atom. The molecule has 108 valence electrons. The highest BCUT2D eigenvalue weighted by Gasteiger charge is 2.14. The second-order valence-electron chi connectivity index (χ2n) is 5.63. The number of hydrogen-bond donors (Lipinski definition) is 1. The van der Waals surface area contributed by atoms with Crippen LogP contribution in [0.1, 0.15) is 28.6 Å². The Bertz CT molecular complexity index is 789. The van der Waals surface area contributed by atoms with Crippen LogP contribution in [0.25, 0.3) is 11.0 Å². The molecule has 0 saturated carbocycles. The van der Waals surface area contributed by atoms with Crippen LogP contribution in [0.2, 0.25) is 0 Å². The highest BCUT2D eigenvalue weighted by Crippen LogP contribution is 2.23. The Labute approximate surface area is 124 Å². The minimum Gasteiger partial charge on any atom is -0.387 e. The van der Waals surface area contributed by atoms with Gasteiger partial charge in [-0.05, 0) is 44.0 Å². The zero-order valence-electron chi connectivity index (χ0n) is 12.7. The number of fused-ring (bicyclic) bond motifs is 1. The van der Waals surface area contributed by atoms with Gasteiger partial charge < -0.3 is 9.67 Å². The molecule has 1 heterocycles. The Morgan fingerprint density at radius 3 is 2.62 bits per heavy atom. The van der Waals surface area contributed by atoms with E-state index >= 15 is 0 Å². The maximum absolute atomic E-state index is 10.6. The van der Waals surface area contributed by atoms with Crippen LogP contribution in [0.15, 0.2) is 42.5 Å². The number of hydrogen-bond acceptors (Lipinski definition) is 2. The number of para-hydroxylation sites is 2. The number of aryl methyl sites for hydroxylation is 3. The van der Waals surface area contributed by atoms with Crippen molar-refractivity contribution in [3.63, 3.8) is 0 Å². The summed E-state index contributed by atoms with van der Waals surface area (Å²) in [4.78, 5) is 4.55. The third-order valence-electron chi connectivity index (χ3n) is 3.99. The smallest absolute Gasteiger partial charge is 0.106 e. The summed E-state index contributed by atoms with van der Waals surface area (Å²) in [6, 6.07) is 14.2. The van der Waals surface area contributed by atoms with Gasteiger partial charge in [0.05, 0.1) is 23.7 Å². The molecule has 3 heteroatoms. The second kappa shape index (κ2) is 5.34. The van der Waals surface area contributed by atoms with Gasteiger partial charge in [0.25, 0.3) is 0 Å². The monoisotopic (exact) mass is 280 g/mol. The number of aromatic nitrogens is 2. The molecular formula is C18H20N2O. The van der Waals surface area contributed by atoms with Gasteiger partial charge in [0.1, 0.15) is 5.82 Å². The molecule has 0 radical (unpaired) electrons. The van der Waals surface area contributed by atoms with Gasteiger partial charge in [-0.25, -0.2) is 4.98 Å². The maximum Gasteiger partial charge on any atom is 0.106 e. The molecule has 0 aliphatic carbocycles. The van der Waals surface area contributed by atoms with Gasteiger partial charge in [-0.3, -0.25) is 0 Å². The summed E-state index contributed by atoms with van der Waals surface area (Å²) in [6.45, 7) is 6.62. The molecule has 1 unspecified atom stereocenters. The maximum atomic E-state index is 10.6. The summed E-state index contributed by atoms with van der Waals surface area (Å²) < 4.78 is 2.08. The van der Waals surface area contributed by atoms with Crippen molar-refractivity contribution in [1.82, 2.24) is 9.55 Å². The molecule has 0 bridgehead atoms. The van der Waals surface area contributed by atoms with Gasteiger partial charge in [0, 0.05) is 0 Å². The number of aliphatic hydroxyl groups excluding tert-OH is 1. The standard InChI is InChI=1S/C18H20N2O/c1-12-8-9-15(13(2)10-12)18(21)11-20-14(3)19-16-6-4-5-7-17(16)20/h4-10,18,21H,11H2,1-3H3. The zero-order valence-corrected chi connectivity index (χ0v) is 12.7. The largest absolute Gasteiger partial charge is 0.387 e. The fourth-order valence-corrected chi connectivity index (χ4v) is 2.90. The fourth-order valence-electron chi connectivity index (χ4n) is 2.90. The van der Waals surface area contributed by atoms with Crippen LogP contribution in [0, 0.1) is 20.8 Å². The SMILES string of the molecule is Cc1ccc(C(O)Cn2c(C)nc3ccccc32)c(C)c1. The molecule has 0 aliphatic rings. The first-order valence-corrected chi connectivity index (χ1v) is 7.23. The van der Waals surface area contributed by atoms with Crippen molar-refractivity contribution in [2.24, 2.45) is 0 Å². The van der Waals surface area contributed by atoms with Crippen molar-refractivity contribution in [2.45, 2.75) is 33.4 Å². The number of rotatable bonds is 3. The van der Waals surface area contributed by atoms with E-state index < -0.39 is 6.10 Å². The molecule has 3 rings (SSSR count). The molecule has 0 spiro atoms. The summed E-state index contributed by atoms with van der Waals surface area (Å²) in [5.41, 5.74) is 5.37. The van der Waals surface area contributed by atoms with Crippen molar-refractivity contribution in [3.05, 3.63) is 65.0 Å². The third kappa shape index (κ3) is 2.57. The van der Waals surface area contributed by atoms with Crippen molar-refractivity contribution < 1.29 is 5.11 Å². The van der Waals surface area contributed by atoms with E-state index in [2.05, 4.69) is 22.5 Å². The van der Waals surface area contributed by atoms with Gasteiger partial charge in [-0.1, -0.05) is 35.9 Å². The molecule has 2 aromatic carbocycles. The Morgan fingerprint density at radius 1 is 1.10 bits per heavy atom. The average Bonchev–Trinajstić information content (AvgIpc) is 2.75. The number of benzene rings is 2. The molecule has 3 nitrogen and oxygen atoms in total. The molecule has 1 N–H and O–H groups in total. The highest BCUT2D eigenvalue weighted by molar-refractivity contribution is 5.75. The molecule has 0 aliphatic heterocycles. The number of imidazole rings is 1. The molecule has 3 aromatic rings. The van der Waals surface area contributed by atoms with Gasteiger partial charge in [-0.2, -0.15) is 0 Å². The number of aliphatic hydroxyl groups is 1. The third-order valence-corrected chi connectivity index (χ3v) is 3.99. The quantitative estimate of drug-likeness (QED) is 0.794. The summed E-state index contributed by atoms with van der Waals surface area (Å²) in [5.74, 6) is 0.931. The van der Waals surface area contributed by atoms with E-state index in [0.29, 0.717) is 6.54 Å². The number of nitrogens with zero attached hydrogens (tertiary/aromatic N) is 2. The normalized spacial score (nSPS) is 12.8. The van der Waals surface area contributed by atoms with Gasteiger partial charge in [0.15, 0.2) is 0 Å². The van der Waals surface area contributed by atoms with E-state index in [1.807, 2.05) is 50.2 Å². The lowest BCUT2D eigenvalue weighted by molar-refractivity contribution is 0.156. The average molecular weight is 280 g/mol. The first-order chi connectivity index (χ1) is 10.1. The summed E-state index contributed by atoms with van der Waals surface area (Å²) in [7, 11) is 0. The van der Waals surface area contributed by atoms with Crippen LogP contribution in [0.5, 0.6) is 0 Å². The van der Waals surface area contributed by atoms with Crippen molar-refractivity contribution in [1.29, 1.82) is 0 Å². The molecule has 0 amide bonds. The van der Waals surface area contributed by atoms with E-state index in [-0.39, 0.29) is 0 Å².